The smallest absolute Gasteiger partial charge is 0.343 e. The van der Waals surface area contributed by atoms with Crippen LogP contribution < -0.4 is 14.8 Å². The fourth-order valence-electron chi connectivity index (χ4n) is 1.91. The minimum atomic E-state index is -0.747. The molecule has 124 valence electrons. The quantitative estimate of drug-likeness (QED) is 0.390. The van der Waals surface area contributed by atoms with Crippen LogP contribution in [0.25, 0.3) is 0 Å². The van der Waals surface area contributed by atoms with Crippen LogP contribution in [-0.4, -0.2) is 31.0 Å². The number of nitro benzene ring substituents is 1. The third-order valence-corrected chi connectivity index (χ3v) is 3.18. The Hall–Kier alpha value is -3.42. The summed E-state index contributed by atoms with van der Waals surface area (Å²) in [6.07, 6.45) is 0. The lowest BCUT2D eigenvalue weighted by atomic mass is 10.1. The Bertz CT molecular complexity index is 786. The Morgan fingerprint density at radius 2 is 1.79 bits per heavy atom. The van der Waals surface area contributed by atoms with Gasteiger partial charge in [0, 0.05) is 25.2 Å². The second-order valence-corrected chi connectivity index (χ2v) is 4.63. The number of benzene rings is 2. The molecule has 0 fully saturated rings. The number of carbonyl (C=O) groups is 2. The number of nitrogens with one attached hydrogen (secondary N) is 1. The number of ether oxygens (including phenoxy) is 2. The molecule has 24 heavy (non-hydrogen) atoms. The maximum Gasteiger partial charge on any atom is 0.343 e. The van der Waals surface area contributed by atoms with Gasteiger partial charge in [0.1, 0.15) is 11.5 Å². The first-order chi connectivity index (χ1) is 11.5. The fourth-order valence-corrected chi connectivity index (χ4v) is 1.91. The van der Waals surface area contributed by atoms with Gasteiger partial charge in [-0.25, -0.2) is 4.79 Å². The lowest BCUT2D eigenvalue weighted by molar-refractivity contribution is -0.384. The predicted octanol–water partition coefficient (Wildman–Crippen LogP) is 2.18. The van der Waals surface area contributed by atoms with Gasteiger partial charge in [0.05, 0.1) is 23.2 Å². The van der Waals surface area contributed by atoms with E-state index < -0.39 is 16.8 Å². The van der Waals surface area contributed by atoms with Crippen molar-refractivity contribution in [3.8, 4) is 11.5 Å². The van der Waals surface area contributed by atoms with E-state index in [-0.39, 0.29) is 22.6 Å². The van der Waals surface area contributed by atoms with Crippen LogP contribution in [0.3, 0.4) is 0 Å². The third-order valence-electron chi connectivity index (χ3n) is 3.18. The maximum absolute atomic E-state index is 12.2. The summed E-state index contributed by atoms with van der Waals surface area (Å²) in [6, 6.07) is 9.39. The van der Waals surface area contributed by atoms with Crippen LogP contribution in [-0.2, 0) is 0 Å². The number of esters is 1. The molecule has 1 N–H and O–H groups in total. The van der Waals surface area contributed by atoms with Crippen LogP contribution in [0.5, 0.6) is 11.5 Å². The summed E-state index contributed by atoms with van der Waals surface area (Å²) in [5.41, 5.74) is 0.138. The lowest BCUT2D eigenvalue weighted by Crippen LogP contribution is -2.20. The zero-order valence-corrected chi connectivity index (χ0v) is 12.9. The van der Waals surface area contributed by atoms with Crippen LogP contribution >= 0.6 is 0 Å². The summed E-state index contributed by atoms with van der Waals surface area (Å²) in [6.45, 7) is 0. The summed E-state index contributed by atoms with van der Waals surface area (Å²) in [5, 5.41) is 13.1. The monoisotopic (exact) mass is 330 g/mol. The predicted molar refractivity (Wildman–Crippen MR) is 84.4 cm³/mol. The van der Waals surface area contributed by atoms with Crippen LogP contribution in [0.15, 0.2) is 42.5 Å². The van der Waals surface area contributed by atoms with Crippen molar-refractivity contribution in [3.63, 3.8) is 0 Å². The van der Waals surface area contributed by atoms with E-state index >= 15 is 0 Å². The Balaban J connectivity index is 2.30. The molecular formula is C16H14N2O6. The molecular weight excluding hydrogens is 316 g/mol. The van der Waals surface area contributed by atoms with Gasteiger partial charge in [-0.3, -0.25) is 14.9 Å². The van der Waals surface area contributed by atoms with Crippen LogP contribution in [0, 0.1) is 10.1 Å². The summed E-state index contributed by atoms with van der Waals surface area (Å²) >= 11 is 0. The Morgan fingerprint density at radius 1 is 1.12 bits per heavy atom. The van der Waals surface area contributed by atoms with E-state index in [1.165, 1.54) is 50.6 Å². The van der Waals surface area contributed by atoms with Gasteiger partial charge in [0.2, 0.25) is 0 Å². The van der Waals surface area contributed by atoms with Crippen molar-refractivity contribution in [2.24, 2.45) is 0 Å². The average molecular weight is 330 g/mol. The first-order valence-corrected chi connectivity index (χ1v) is 6.83. The molecule has 0 spiro atoms. The van der Waals surface area contributed by atoms with Crippen LogP contribution in [0.1, 0.15) is 20.7 Å². The summed E-state index contributed by atoms with van der Waals surface area (Å²) < 4.78 is 10.3. The topological polar surface area (TPSA) is 108 Å². The molecule has 0 atom stereocenters. The minimum Gasteiger partial charge on any atom is -0.497 e. The lowest BCUT2D eigenvalue weighted by Gasteiger charge is -2.11. The first-order valence-electron chi connectivity index (χ1n) is 6.83. The van der Waals surface area contributed by atoms with Gasteiger partial charge in [-0.15, -0.1) is 0 Å². The zero-order chi connectivity index (χ0) is 17.7. The second kappa shape index (κ2) is 7.23. The average Bonchev–Trinajstić information content (AvgIpc) is 2.60. The molecule has 0 unspecified atom stereocenters. The van der Waals surface area contributed by atoms with E-state index in [0.717, 1.165) is 0 Å². The van der Waals surface area contributed by atoms with Gasteiger partial charge in [-0.1, -0.05) is 0 Å². The second-order valence-electron chi connectivity index (χ2n) is 4.63. The molecule has 1 amide bonds. The molecule has 2 aromatic carbocycles. The van der Waals surface area contributed by atoms with Gasteiger partial charge in [0.15, 0.2) is 0 Å². The summed E-state index contributed by atoms with van der Waals surface area (Å²) in [4.78, 5) is 34.1. The normalized spacial score (nSPS) is 9.92. The number of carbonyl (C=O) groups excluding carboxylic acids is 2. The van der Waals surface area contributed by atoms with Crippen molar-refractivity contribution in [3.05, 3.63) is 63.7 Å². The Kier molecular flexibility index (Phi) is 5.10. The van der Waals surface area contributed by atoms with Crippen molar-refractivity contribution < 1.29 is 24.0 Å². The van der Waals surface area contributed by atoms with Crippen molar-refractivity contribution in [2.45, 2.75) is 0 Å². The third kappa shape index (κ3) is 3.67. The van der Waals surface area contributed by atoms with Crippen molar-refractivity contribution in [2.75, 3.05) is 14.2 Å². The Labute approximate surface area is 137 Å². The van der Waals surface area contributed by atoms with E-state index in [0.29, 0.717) is 5.75 Å². The molecule has 0 aliphatic heterocycles. The number of hydrogen-bond donors (Lipinski definition) is 1. The minimum absolute atomic E-state index is 0.0250. The van der Waals surface area contributed by atoms with Gasteiger partial charge >= 0.3 is 5.97 Å². The number of amides is 1. The highest BCUT2D eigenvalue weighted by molar-refractivity contribution is 5.99. The highest BCUT2D eigenvalue weighted by Gasteiger charge is 2.17. The van der Waals surface area contributed by atoms with Gasteiger partial charge in [-0.2, -0.15) is 0 Å². The van der Waals surface area contributed by atoms with E-state index in [4.69, 9.17) is 9.47 Å². The highest BCUT2D eigenvalue weighted by Crippen LogP contribution is 2.26. The molecule has 0 radical (unpaired) electrons. The summed E-state index contributed by atoms with van der Waals surface area (Å²) in [7, 11) is 2.89. The molecule has 0 heterocycles. The number of rotatable bonds is 5. The molecule has 2 rings (SSSR count). The molecule has 8 heteroatoms. The zero-order valence-electron chi connectivity index (χ0n) is 12.9. The number of methoxy groups -OCH3 is 1. The van der Waals surface area contributed by atoms with Crippen LogP contribution in [0.2, 0.25) is 0 Å². The van der Waals surface area contributed by atoms with E-state index in [9.17, 15) is 19.7 Å². The maximum atomic E-state index is 12.2. The number of nitrogens with zero attached hydrogens (tertiary/aromatic N) is 1. The molecule has 0 saturated carbocycles. The van der Waals surface area contributed by atoms with E-state index in [1.54, 1.807) is 6.07 Å². The SMILES string of the molecule is CNC(=O)c1ccc(OC)cc1OC(=O)c1ccc([N+](=O)[O-])cc1. The van der Waals surface area contributed by atoms with Crippen molar-refractivity contribution in [1.29, 1.82) is 0 Å². The molecule has 0 aliphatic carbocycles. The molecule has 0 aliphatic rings. The Morgan fingerprint density at radius 3 is 2.33 bits per heavy atom. The molecule has 8 nitrogen and oxygen atoms in total. The van der Waals surface area contributed by atoms with Gasteiger partial charge in [-0.05, 0) is 24.3 Å². The molecule has 0 bridgehead atoms. The number of nitro groups is 1. The van der Waals surface area contributed by atoms with Crippen molar-refractivity contribution >= 4 is 17.6 Å². The number of non-ortho nitro benzene ring substituents is 1. The largest absolute Gasteiger partial charge is 0.497 e. The molecule has 0 saturated heterocycles. The van der Waals surface area contributed by atoms with E-state index in [2.05, 4.69) is 5.32 Å². The highest BCUT2D eigenvalue weighted by atomic mass is 16.6. The molecule has 2 aromatic rings. The van der Waals surface area contributed by atoms with Crippen LogP contribution in [0.4, 0.5) is 5.69 Å². The first kappa shape index (κ1) is 16.9. The fraction of sp³-hybridized carbons (Fsp3) is 0.125. The van der Waals surface area contributed by atoms with E-state index in [1.807, 2.05) is 0 Å². The van der Waals surface area contributed by atoms with Gasteiger partial charge in [0.25, 0.3) is 11.6 Å². The standard InChI is InChI=1S/C16H14N2O6/c1-17-15(19)13-8-7-12(23-2)9-14(13)24-16(20)10-3-5-11(6-4-10)18(21)22/h3-9H,1-2H3,(H,17,19). The van der Waals surface area contributed by atoms with Crippen molar-refractivity contribution in [1.82, 2.24) is 5.32 Å². The molecule has 0 aromatic heterocycles. The van der Waals surface area contributed by atoms with Gasteiger partial charge < -0.3 is 14.8 Å². The number of hydrogen-bond acceptors (Lipinski definition) is 6. The summed E-state index contributed by atoms with van der Waals surface area (Å²) in [5.74, 6) is -0.737.